The van der Waals surface area contributed by atoms with E-state index < -0.39 is 25.9 Å². The van der Waals surface area contributed by atoms with Crippen molar-refractivity contribution in [3.63, 3.8) is 0 Å². The first-order valence-electron chi connectivity index (χ1n) is 8.37. The number of halogens is 2. The highest BCUT2D eigenvalue weighted by Gasteiger charge is 2.57. The van der Waals surface area contributed by atoms with Gasteiger partial charge in [-0.2, -0.15) is 0 Å². The molecule has 1 aromatic carbocycles. The van der Waals surface area contributed by atoms with Crippen LogP contribution in [0.5, 0.6) is 0 Å². The van der Waals surface area contributed by atoms with Crippen molar-refractivity contribution in [1.29, 1.82) is 5.41 Å². The minimum Gasteiger partial charge on any atom is -0.360 e. The van der Waals surface area contributed by atoms with Gasteiger partial charge in [0.1, 0.15) is 16.4 Å². The van der Waals surface area contributed by atoms with Crippen LogP contribution in [0, 0.1) is 11.2 Å². The Bertz CT molecular complexity index is 1090. The fourth-order valence-corrected chi connectivity index (χ4v) is 5.32. The van der Waals surface area contributed by atoms with Crippen molar-refractivity contribution < 1.29 is 12.8 Å². The molecular weight excluding hydrogens is 391 g/mol. The molecule has 4 rings (SSSR count). The number of nitrogens with one attached hydrogen (secondary N) is 3. The lowest BCUT2D eigenvalue weighted by atomic mass is 9.75. The molecule has 1 fully saturated rings. The summed E-state index contributed by atoms with van der Waals surface area (Å²) in [6.07, 6.45) is 0.471. The van der Waals surface area contributed by atoms with E-state index >= 15 is 0 Å². The van der Waals surface area contributed by atoms with Crippen LogP contribution in [0.1, 0.15) is 25.1 Å². The van der Waals surface area contributed by atoms with Gasteiger partial charge < -0.3 is 10.6 Å². The van der Waals surface area contributed by atoms with Gasteiger partial charge in [0.15, 0.2) is 15.7 Å². The largest absolute Gasteiger partial charge is 0.360 e. The second-order valence-corrected chi connectivity index (χ2v) is 10.4. The second-order valence-electron chi connectivity index (χ2n) is 7.46. The van der Waals surface area contributed by atoms with Crippen LogP contribution in [-0.4, -0.2) is 29.7 Å². The number of sulfone groups is 1. The number of hydrogen-bond donors (Lipinski definition) is 3. The smallest absolute Gasteiger partial charge is 0.165 e. The van der Waals surface area contributed by atoms with E-state index in [1.54, 1.807) is 18.2 Å². The highest BCUT2D eigenvalue weighted by Crippen LogP contribution is 2.44. The predicted molar refractivity (Wildman–Crippen MR) is 103 cm³/mol. The molecule has 0 radical (unpaired) electrons. The molecule has 1 saturated heterocycles. The summed E-state index contributed by atoms with van der Waals surface area (Å²) in [4.78, 5) is 4.51. The average Bonchev–Trinajstić information content (AvgIpc) is 2.57. The van der Waals surface area contributed by atoms with Gasteiger partial charge in [-0.1, -0.05) is 23.7 Å². The number of aromatic nitrogens is 1. The average molecular weight is 409 g/mol. The van der Waals surface area contributed by atoms with E-state index in [1.807, 2.05) is 6.07 Å². The van der Waals surface area contributed by atoms with Crippen molar-refractivity contribution in [2.24, 2.45) is 0 Å². The zero-order chi connectivity index (χ0) is 19.6. The van der Waals surface area contributed by atoms with Crippen molar-refractivity contribution >= 4 is 38.8 Å². The first-order chi connectivity index (χ1) is 12.6. The van der Waals surface area contributed by atoms with Crippen LogP contribution in [0.2, 0.25) is 5.02 Å². The Labute approximate surface area is 161 Å². The van der Waals surface area contributed by atoms with Gasteiger partial charge in [0.05, 0.1) is 27.7 Å². The molecule has 2 aromatic rings. The number of anilines is 2. The van der Waals surface area contributed by atoms with Crippen LogP contribution in [0.4, 0.5) is 15.9 Å². The maximum absolute atomic E-state index is 14.1. The standard InChI is InChI=1S/C18H18ClFN4O2S/c1-17(2)16(21)24-18(9-27(17,25)26)8-10-6-7-13(23-15(10)18)22-12-5-3-4-11(19)14(12)20/h3-7H,8-9H2,1-2H3,(H2,21,24)(H,22,23)/t18-/m0/s1. The van der Waals surface area contributed by atoms with E-state index in [0.717, 1.165) is 5.56 Å². The molecule has 1 aliphatic heterocycles. The third-order valence-electron chi connectivity index (χ3n) is 5.32. The van der Waals surface area contributed by atoms with Gasteiger partial charge in [0.2, 0.25) is 0 Å². The Morgan fingerprint density at radius 3 is 2.74 bits per heavy atom. The SMILES string of the molecule is CC1(C)C(=N)N[C@@]2(Cc3ccc(Nc4cccc(Cl)c4F)nc32)CS1(=O)=O. The van der Waals surface area contributed by atoms with E-state index in [9.17, 15) is 12.8 Å². The molecule has 0 amide bonds. The summed E-state index contributed by atoms with van der Waals surface area (Å²) in [5, 5.41) is 14.1. The van der Waals surface area contributed by atoms with Crippen molar-refractivity contribution in [2.45, 2.75) is 30.6 Å². The fourth-order valence-electron chi connectivity index (χ4n) is 3.46. The molecule has 9 heteroatoms. The molecule has 0 saturated carbocycles. The monoisotopic (exact) mass is 408 g/mol. The molecule has 2 aliphatic rings. The molecule has 1 atom stereocenters. The summed E-state index contributed by atoms with van der Waals surface area (Å²) < 4.78 is 38.3. The predicted octanol–water partition coefficient (Wildman–Crippen LogP) is 3.14. The lowest BCUT2D eigenvalue weighted by molar-refractivity contribution is 0.344. The van der Waals surface area contributed by atoms with Crippen LogP contribution < -0.4 is 10.6 Å². The number of benzene rings is 1. The molecule has 0 unspecified atom stereocenters. The zero-order valence-corrected chi connectivity index (χ0v) is 16.3. The van der Waals surface area contributed by atoms with Crippen molar-refractivity contribution in [3.05, 3.63) is 52.4 Å². The minimum absolute atomic E-state index is 0.00359. The normalized spacial score (nSPS) is 24.7. The van der Waals surface area contributed by atoms with Crippen LogP contribution in [0.15, 0.2) is 30.3 Å². The number of fused-ring (bicyclic) bond motifs is 2. The third kappa shape index (κ3) is 2.62. The number of nitrogens with zero attached hydrogens (tertiary/aromatic N) is 1. The molecule has 2 heterocycles. The number of amidine groups is 1. The highest BCUT2D eigenvalue weighted by molar-refractivity contribution is 7.93. The Morgan fingerprint density at radius 1 is 1.30 bits per heavy atom. The van der Waals surface area contributed by atoms with Gasteiger partial charge in [-0.05, 0) is 37.6 Å². The summed E-state index contributed by atoms with van der Waals surface area (Å²) in [7, 11) is -3.53. The van der Waals surface area contributed by atoms with Gasteiger partial charge in [-0.15, -0.1) is 0 Å². The summed E-state index contributed by atoms with van der Waals surface area (Å²) in [5.41, 5.74) is 0.744. The maximum atomic E-state index is 14.1. The summed E-state index contributed by atoms with van der Waals surface area (Å²) in [5.74, 6) is -0.380. The number of pyridine rings is 1. The molecule has 1 spiro atoms. The number of hydrogen-bond acceptors (Lipinski definition) is 5. The molecule has 0 bridgehead atoms. The van der Waals surface area contributed by atoms with Crippen molar-refractivity contribution in [1.82, 2.24) is 10.3 Å². The molecule has 3 N–H and O–H groups in total. The maximum Gasteiger partial charge on any atom is 0.165 e. The van der Waals surface area contributed by atoms with Gasteiger partial charge in [-0.3, -0.25) is 5.41 Å². The van der Waals surface area contributed by atoms with E-state index in [0.29, 0.717) is 17.9 Å². The van der Waals surface area contributed by atoms with E-state index in [-0.39, 0.29) is 22.3 Å². The molecule has 1 aromatic heterocycles. The van der Waals surface area contributed by atoms with Gasteiger partial charge >= 0.3 is 0 Å². The Kier molecular flexibility index (Phi) is 3.81. The Balaban J connectivity index is 1.69. The van der Waals surface area contributed by atoms with Crippen LogP contribution >= 0.6 is 11.6 Å². The van der Waals surface area contributed by atoms with Gasteiger partial charge in [0, 0.05) is 6.42 Å². The first kappa shape index (κ1) is 18.2. The molecule has 27 heavy (non-hydrogen) atoms. The quantitative estimate of drug-likeness (QED) is 0.709. The number of rotatable bonds is 2. The van der Waals surface area contributed by atoms with Crippen molar-refractivity contribution in [3.8, 4) is 0 Å². The van der Waals surface area contributed by atoms with E-state index in [1.165, 1.54) is 19.9 Å². The summed E-state index contributed by atoms with van der Waals surface area (Å²) in [6.45, 7) is 3.05. The molecule has 142 valence electrons. The van der Waals surface area contributed by atoms with Gasteiger partial charge in [-0.25, -0.2) is 17.8 Å². The van der Waals surface area contributed by atoms with Crippen LogP contribution in [0.25, 0.3) is 0 Å². The zero-order valence-electron chi connectivity index (χ0n) is 14.7. The summed E-state index contributed by atoms with van der Waals surface area (Å²) in [6, 6.07) is 8.15. The second kappa shape index (κ2) is 5.65. The summed E-state index contributed by atoms with van der Waals surface area (Å²) >= 11 is 5.80. The van der Waals surface area contributed by atoms with Gasteiger partial charge in [0.25, 0.3) is 0 Å². The van der Waals surface area contributed by atoms with E-state index in [2.05, 4.69) is 15.6 Å². The topological polar surface area (TPSA) is 94.9 Å². The molecule has 6 nitrogen and oxygen atoms in total. The van der Waals surface area contributed by atoms with Crippen LogP contribution in [-0.2, 0) is 21.8 Å². The Hall–Kier alpha value is -2.19. The third-order valence-corrected chi connectivity index (χ3v) is 8.24. The fraction of sp³-hybridized carbons (Fsp3) is 0.333. The molecule has 1 aliphatic carbocycles. The molecular formula is C18H18ClFN4O2S. The highest BCUT2D eigenvalue weighted by atomic mass is 35.5. The lowest BCUT2D eigenvalue weighted by Crippen LogP contribution is -2.68. The van der Waals surface area contributed by atoms with Crippen molar-refractivity contribution in [2.75, 3.05) is 11.1 Å². The van der Waals surface area contributed by atoms with E-state index in [4.69, 9.17) is 17.0 Å². The van der Waals surface area contributed by atoms with Crippen LogP contribution in [0.3, 0.4) is 0 Å². The Morgan fingerprint density at radius 2 is 2.04 bits per heavy atom. The first-order valence-corrected chi connectivity index (χ1v) is 10.4. The minimum atomic E-state index is -3.53. The lowest BCUT2D eigenvalue weighted by Gasteiger charge is -2.50.